The van der Waals surface area contributed by atoms with Crippen LogP contribution in [0.3, 0.4) is 0 Å². The molecule has 35 heavy (non-hydrogen) atoms. The van der Waals surface area contributed by atoms with Gasteiger partial charge in [-0.25, -0.2) is 4.79 Å². The number of methoxy groups -OCH3 is 1. The Morgan fingerprint density at radius 1 is 1.11 bits per heavy atom. The highest BCUT2D eigenvalue weighted by Gasteiger charge is 2.31. The van der Waals surface area contributed by atoms with Gasteiger partial charge in [-0.2, -0.15) is 4.98 Å². The van der Waals surface area contributed by atoms with E-state index in [0.29, 0.717) is 44.6 Å². The summed E-state index contributed by atoms with van der Waals surface area (Å²) in [5.41, 5.74) is 0.351. The maximum absolute atomic E-state index is 12.7. The van der Waals surface area contributed by atoms with Crippen molar-refractivity contribution >= 4 is 18.0 Å². The quantitative estimate of drug-likeness (QED) is 0.663. The number of hydrogen-bond donors (Lipinski definition) is 1. The van der Waals surface area contributed by atoms with Gasteiger partial charge in [0.1, 0.15) is 11.4 Å². The first-order valence-corrected chi connectivity index (χ1v) is 12.2. The second-order valence-electron chi connectivity index (χ2n) is 10.2. The minimum Gasteiger partial charge on any atom is -0.497 e. The molecule has 2 fully saturated rings. The summed E-state index contributed by atoms with van der Waals surface area (Å²) in [5, 5.41) is 7.19. The van der Waals surface area contributed by atoms with E-state index >= 15 is 0 Å². The number of nitrogens with zero attached hydrogens (tertiary/aromatic N) is 4. The van der Waals surface area contributed by atoms with Crippen molar-refractivity contribution in [2.45, 2.75) is 45.6 Å². The van der Waals surface area contributed by atoms with E-state index in [2.05, 4.69) is 15.5 Å². The van der Waals surface area contributed by atoms with Gasteiger partial charge in [0.05, 0.1) is 7.11 Å². The van der Waals surface area contributed by atoms with Crippen LogP contribution < -0.4 is 15.0 Å². The number of hydrogen-bond acceptors (Lipinski definition) is 8. The van der Waals surface area contributed by atoms with E-state index in [4.69, 9.17) is 14.0 Å². The lowest BCUT2D eigenvalue weighted by Gasteiger charge is -2.30. The number of ether oxygens (including phenoxy) is 2. The van der Waals surface area contributed by atoms with Crippen LogP contribution in [-0.4, -0.2) is 72.5 Å². The Morgan fingerprint density at radius 3 is 2.49 bits per heavy atom. The minimum absolute atomic E-state index is 0.0430. The Bertz CT molecular complexity index is 1010. The first-order valence-electron chi connectivity index (χ1n) is 12.2. The van der Waals surface area contributed by atoms with Gasteiger partial charge in [0.15, 0.2) is 0 Å². The topological polar surface area (TPSA) is 110 Å². The van der Waals surface area contributed by atoms with Gasteiger partial charge < -0.3 is 29.1 Å². The molecule has 2 aliphatic heterocycles. The molecule has 0 bridgehead atoms. The molecule has 2 amide bonds. The third-order valence-electron chi connectivity index (χ3n) is 6.40. The number of carbonyl (C=O) groups excluding carboxylic acids is 2. The molecule has 2 saturated heterocycles. The maximum Gasteiger partial charge on any atom is 0.410 e. The zero-order valence-electron chi connectivity index (χ0n) is 21.0. The van der Waals surface area contributed by atoms with E-state index in [1.54, 1.807) is 12.0 Å². The van der Waals surface area contributed by atoms with Crippen molar-refractivity contribution in [1.29, 1.82) is 0 Å². The number of nitrogens with one attached hydrogen (secondary N) is 1. The van der Waals surface area contributed by atoms with Crippen LogP contribution in [0.4, 0.5) is 10.8 Å². The van der Waals surface area contributed by atoms with Gasteiger partial charge in [-0.15, -0.1) is 0 Å². The molecule has 1 aromatic heterocycles. The second kappa shape index (κ2) is 10.5. The predicted molar refractivity (Wildman–Crippen MR) is 130 cm³/mol. The Hall–Kier alpha value is -3.30. The molecule has 3 heterocycles. The Balaban J connectivity index is 1.20. The fourth-order valence-corrected chi connectivity index (χ4v) is 4.42. The van der Waals surface area contributed by atoms with Gasteiger partial charge in [-0.05, 0) is 70.2 Å². The molecule has 10 nitrogen and oxygen atoms in total. The third kappa shape index (κ3) is 6.43. The van der Waals surface area contributed by atoms with E-state index in [9.17, 15) is 9.59 Å². The Kier molecular flexibility index (Phi) is 7.47. The monoisotopic (exact) mass is 485 g/mol. The van der Waals surface area contributed by atoms with Crippen molar-refractivity contribution in [3.8, 4) is 17.1 Å². The summed E-state index contributed by atoms with van der Waals surface area (Å²) in [7, 11) is 1.63. The van der Waals surface area contributed by atoms with E-state index in [1.165, 1.54) is 0 Å². The Labute approximate surface area is 205 Å². The van der Waals surface area contributed by atoms with Crippen LogP contribution in [-0.2, 0) is 9.53 Å². The van der Waals surface area contributed by atoms with Crippen LogP contribution in [0, 0.1) is 11.8 Å². The molecule has 2 aromatic rings. The summed E-state index contributed by atoms with van der Waals surface area (Å²) >= 11 is 0. The standard InChI is InChI=1S/C25H35N5O5/c1-25(2,3)34-24(32)30-12-9-17(16-30)15-26-22(31)19-10-13-29(14-11-19)23-27-21(28-35-23)18-5-7-20(33-4)8-6-18/h5-8,17,19H,9-16H2,1-4H3,(H,26,31)/t17-/m1/s1. The number of carbonyl (C=O) groups is 2. The molecule has 0 spiro atoms. The minimum atomic E-state index is -0.503. The number of likely N-dealkylation sites (tertiary alicyclic amines) is 1. The molecule has 190 valence electrons. The first-order chi connectivity index (χ1) is 16.7. The summed E-state index contributed by atoms with van der Waals surface area (Å²) in [6.07, 6.45) is 2.03. The van der Waals surface area contributed by atoms with Crippen LogP contribution in [0.2, 0.25) is 0 Å². The smallest absolute Gasteiger partial charge is 0.410 e. The lowest BCUT2D eigenvalue weighted by Crippen LogP contribution is -2.42. The molecular weight excluding hydrogens is 450 g/mol. The highest BCUT2D eigenvalue weighted by atomic mass is 16.6. The third-order valence-corrected chi connectivity index (χ3v) is 6.40. The highest BCUT2D eigenvalue weighted by Crippen LogP contribution is 2.26. The van der Waals surface area contributed by atoms with Crippen molar-refractivity contribution in [3.63, 3.8) is 0 Å². The zero-order valence-corrected chi connectivity index (χ0v) is 21.0. The molecule has 2 aliphatic rings. The Morgan fingerprint density at radius 2 is 1.83 bits per heavy atom. The number of piperidine rings is 1. The van der Waals surface area contributed by atoms with Crippen LogP contribution >= 0.6 is 0 Å². The van der Waals surface area contributed by atoms with Gasteiger partial charge in [0.25, 0.3) is 0 Å². The van der Waals surface area contributed by atoms with Gasteiger partial charge in [0, 0.05) is 44.2 Å². The number of anilines is 1. The van der Waals surface area contributed by atoms with Crippen LogP contribution in [0.25, 0.3) is 11.4 Å². The molecule has 10 heteroatoms. The molecule has 1 atom stereocenters. The average molecular weight is 486 g/mol. The number of amides is 2. The van der Waals surface area contributed by atoms with E-state index in [-0.39, 0.29) is 23.8 Å². The molecule has 0 radical (unpaired) electrons. The average Bonchev–Trinajstić information content (AvgIpc) is 3.52. The highest BCUT2D eigenvalue weighted by molar-refractivity contribution is 5.79. The van der Waals surface area contributed by atoms with Gasteiger partial charge >= 0.3 is 12.1 Å². The summed E-state index contributed by atoms with van der Waals surface area (Å²) < 4.78 is 16.1. The predicted octanol–water partition coefficient (Wildman–Crippen LogP) is 3.33. The SMILES string of the molecule is COc1ccc(-c2noc(N3CCC(C(=O)NC[C@H]4CCN(C(=O)OC(C)(C)C)C4)CC3)n2)cc1. The lowest BCUT2D eigenvalue weighted by molar-refractivity contribution is -0.125. The number of rotatable bonds is 6. The summed E-state index contributed by atoms with van der Waals surface area (Å²) in [6, 6.07) is 7.97. The van der Waals surface area contributed by atoms with Crippen molar-refractivity contribution in [2.75, 3.05) is 44.7 Å². The fraction of sp³-hybridized carbons (Fsp3) is 0.600. The fourth-order valence-electron chi connectivity index (χ4n) is 4.42. The molecule has 0 saturated carbocycles. The first kappa shape index (κ1) is 24.8. The van der Waals surface area contributed by atoms with Crippen molar-refractivity contribution < 1.29 is 23.6 Å². The van der Waals surface area contributed by atoms with Crippen LogP contribution in [0.1, 0.15) is 40.0 Å². The summed E-state index contributed by atoms with van der Waals surface area (Å²) in [6.45, 7) is 8.80. The maximum atomic E-state index is 12.7. The summed E-state index contributed by atoms with van der Waals surface area (Å²) in [5.74, 6) is 1.58. The van der Waals surface area contributed by atoms with E-state index < -0.39 is 5.60 Å². The van der Waals surface area contributed by atoms with Crippen LogP contribution in [0.5, 0.6) is 5.75 Å². The van der Waals surface area contributed by atoms with Crippen molar-refractivity contribution in [3.05, 3.63) is 24.3 Å². The normalized spacial score (nSPS) is 19.0. The molecule has 1 N–H and O–H groups in total. The van der Waals surface area contributed by atoms with Gasteiger partial charge in [-0.3, -0.25) is 4.79 Å². The molecular formula is C25H35N5O5. The summed E-state index contributed by atoms with van der Waals surface area (Å²) in [4.78, 5) is 33.3. The van der Waals surface area contributed by atoms with Crippen molar-refractivity contribution in [2.24, 2.45) is 11.8 Å². The second-order valence-corrected chi connectivity index (χ2v) is 10.2. The molecule has 4 rings (SSSR count). The largest absolute Gasteiger partial charge is 0.497 e. The van der Waals surface area contributed by atoms with E-state index in [1.807, 2.05) is 49.9 Å². The number of benzene rings is 1. The molecule has 1 aromatic carbocycles. The van der Waals surface area contributed by atoms with Gasteiger partial charge in [0.2, 0.25) is 11.7 Å². The van der Waals surface area contributed by atoms with Crippen molar-refractivity contribution in [1.82, 2.24) is 20.4 Å². The van der Waals surface area contributed by atoms with Gasteiger partial charge in [-0.1, -0.05) is 5.16 Å². The molecule has 0 aliphatic carbocycles. The zero-order chi connectivity index (χ0) is 25.0. The molecule has 0 unspecified atom stereocenters. The van der Waals surface area contributed by atoms with Crippen LogP contribution in [0.15, 0.2) is 28.8 Å². The lowest BCUT2D eigenvalue weighted by atomic mass is 9.96. The number of aromatic nitrogens is 2. The van der Waals surface area contributed by atoms with E-state index in [0.717, 1.165) is 30.6 Å².